The highest BCUT2D eigenvalue weighted by molar-refractivity contribution is 6.46. The number of ether oxygens (including phenoxy) is 2. The van der Waals surface area contributed by atoms with E-state index in [1.165, 1.54) is 4.90 Å². The Bertz CT molecular complexity index is 910. The summed E-state index contributed by atoms with van der Waals surface area (Å²) in [6, 6.07) is 9.64. The lowest BCUT2D eigenvalue weighted by Gasteiger charge is -2.25. The molecule has 1 aliphatic heterocycles. The number of hydrogen-bond acceptors (Lipinski definition) is 6. The molecule has 1 N–H and O–H groups in total. The summed E-state index contributed by atoms with van der Waals surface area (Å²) < 4.78 is 10.6. The first-order valence-electron chi connectivity index (χ1n) is 9.49. The van der Waals surface area contributed by atoms with Gasteiger partial charge in [0, 0.05) is 38.2 Å². The molecule has 7 nitrogen and oxygen atoms in total. The van der Waals surface area contributed by atoms with Gasteiger partial charge in [-0.15, -0.1) is 0 Å². The Hall–Kier alpha value is -3.19. The molecule has 0 radical (unpaired) electrons. The van der Waals surface area contributed by atoms with E-state index in [9.17, 15) is 14.7 Å². The van der Waals surface area contributed by atoms with Crippen molar-refractivity contribution < 1.29 is 24.2 Å². The van der Waals surface area contributed by atoms with Gasteiger partial charge in [-0.2, -0.15) is 0 Å². The van der Waals surface area contributed by atoms with Gasteiger partial charge in [0.25, 0.3) is 11.7 Å². The average Bonchev–Trinajstić information content (AvgIpc) is 2.99. The summed E-state index contributed by atoms with van der Waals surface area (Å²) in [6.07, 6.45) is 3.79. The van der Waals surface area contributed by atoms with Gasteiger partial charge >= 0.3 is 0 Å². The van der Waals surface area contributed by atoms with Crippen LogP contribution in [0.4, 0.5) is 0 Å². The number of benzene rings is 1. The quantitative estimate of drug-likeness (QED) is 0.319. The second kappa shape index (κ2) is 9.34. The van der Waals surface area contributed by atoms with Crippen molar-refractivity contribution in [2.45, 2.75) is 19.4 Å². The van der Waals surface area contributed by atoms with Gasteiger partial charge in [0.05, 0.1) is 18.2 Å². The molecule has 3 rings (SSSR count). The number of carbonyl (C=O) groups is 2. The van der Waals surface area contributed by atoms with Crippen LogP contribution in [0.1, 0.15) is 30.5 Å². The van der Waals surface area contributed by atoms with Gasteiger partial charge < -0.3 is 19.5 Å². The van der Waals surface area contributed by atoms with Crippen LogP contribution in [0.25, 0.3) is 5.76 Å². The number of nitrogens with zero attached hydrogens (tertiary/aromatic N) is 2. The third-order valence-corrected chi connectivity index (χ3v) is 4.71. The first kappa shape index (κ1) is 20.5. The summed E-state index contributed by atoms with van der Waals surface area (Å²) in [4.78, 5) is 31.2. The lowest BCUT2D eigenvalue weighted by atomic mass is 9.96. The van der Waals surface area contributed by atoms with E-state index in [-0.39, 0.29) is 11.3 Å². The van der Waals surface area contributed by atoms with Crippen molar-refractivity contribution in [1.29, 1.82) is 0 Å². The molecular formula is C22H24N2O5. The summed E-state index contributed by atoms with van der Waals surface area (Å²) in [7, 11) is 1.58. The van der Waals surface area contributed by atoms with Crippen LogP contribution in [0.15, 0.2) is 54.4 Å². The van der Waals surface area contributed by atoms with E-state index >= 15 is 0 Å². The van der Waals surface area contributed by atoms with Crippen molar-refractivity contribution in [2.75, 3.05) is 26.9 Å². The van der Waals surface area contributed by atoms with Crippen LogP contribution in [0.3, 0.4) is 0 Å². The molecular weight excluding hydrogens is 372 g/mol. The number of carbonyl (C=O) groups excluding carboxylic acids is 2. The number of rotatable bonds is 8. The Morgan fingerprint density at radius 2 is 2.07 bits per heavy atom. The zero-order valence-electron chi connectivity index (χ0n) is 16.5. The Balaban J connectivity index is 2.08. The maximum absolute atomic E-state index is 12.9. The standard InChI is InChI=1S/C22H24N2O5/c1-3-29-17-9-4-7-15(13-17)20(25)18-19(16-8-5-10-23-14-16)24(11-6-12-28-2)22(27)21(18)26/h4-5,7-10,13-14,19,25H,3,6,11-12H2,1-2H3/t19-/m1/s1. The average molecular weight is 396 g/mol. The van der Waals surface area contributed by atoms with Crippen LogP contribution in [0, 0.1) is 0 Å². The molecule has 1 aromatic carbocycles. The number of methoxy groups -OCH3 is 1. The number of aliphatic hydroxyl groups excluding tert-OH is 1. The summed E-state index contributed by atoms with van der Waals surface area (Å²) in [5.74, 6) is -1.01. The lowest BCUT2D eigenvalue weighted by Crippen LogP contribution is -2.31. The van der Waals surface area contributed by atoms with E-state index in [0.29, 0.717) is 43.1 Å². The molecule has 0 bridgehead atoms. The molecule has 1 atom stereocenters. The number of hydrogen-bond donors (Lipinski definition) is 1. The molecule has 1 aliphatic rings. The number of pyridine rings is 1. The van der Waals surface area contributed by atoms with E-state index in [1.807, 2.05) is 6.92 Å². The first-order chi connectivity index (χ1) is 14.1. The summed E-state index contributed by atoms with van der Waals surface area (Å²) >= 11 is 0. The predicted molar refractivity (Wildman–Crippen MR) is 107 cm³/mol. The van der Waals surface area contributed by atoms with E-state index in [4.69, 9.17) is 9.47 Å². The molecule has 1 aromatic heterocycles. The van der Waals surface area contributed by atoms with Crippen LogP contribution < -0.4 is 4.74 Å². The van der Waals surface area contributed by atoms with E-state index in [1.54, 1.807) is 55.9 Å². The fourth-order valence-electron chi connectivity index (χ4n) is 3.43. The topological polar surface area (TPSA) is 89.0 Å². The zero-order valence-corrected chi connectivity index (χ0v) is 16.5. The van der Waals surface area contributed by atoms with Crippen molar-refractivity contribution in [1.82, 2.24) is 9.88 Å². The normalized spacial score (nSPS) is 18.3. The number of Topliss-reactive ketones (excluding diaryl/α,β-unsaturated/α-hetero) is 1. The van der Waals surface area contributed by atoms with Crippen molar-refractivity contribution in [3.05, 3.63) is 65.5 Å². The predicted octanol–water partition coefficient (Wildman–Crippen LogP) is 2.94. The minimum atomic E-state index is -0.712. The van der Waals surface area contributed by atoms with Crippen LogP contribution >= 0.6 is 0 Å². The number of aliphatic hydroxyl groups is 1. The van der Waals surface area contributed by atoms with Crippen LogP contribution in [0.5, 0.6) is 5.75 Å². The maximum atomic E-state index is 12.9. The molecule has 1 amide bonds. The van der Waals surface area contributed by atoms with Crippen LogP contribution in [0.2, 0.25) is 0 Å². The molecule has 152 valence electrons. The SMILES string of the molecule is CCOc1cccc(C(O)=C2C(=O)C(=O)N(CCCOC)[C@@H]2c2cccnc2)c1. The summed E-state index contributed by atoms with van der Waals surface area (Å²) in [6.45, 7) is 3.12. The third kappa shape index (κ3) is 4.30. The van der Waals surface area contributed by atoms with Gasteiger partial charge in [-0.05, 0) is 37.1 Å². The fraction of sp³-hybridized carbons (Fsp3) is 0.318. The Labute approximate surface area is 169 Å². The zero-order chi connectivity index (χ0) is 20.8. The minimum Gasteiger partial charge on any atom is -0.507 e. The van der Waals surface area contributed by atoms with Gasteiger partial charge in [-0.3, -0.25) is 14.6 Å². The molecule has 0 saturated carbocycles. The molecule has 1 saturated heterocycles. The van der Waals surface area contributed by atoms with Crippen molar-refractivity contribution >= 4 is 17.4 Å². The number of ketones is 1. The van der Waals surface area contributed by atoms with Gasteiger partial charge in [0.1, 0.15) is 11.5 Å². The molecule has 7 heteroatoms. The minimum absolute atomic E-state index is 0.0501. The molecule has 0 unspecified atom stereocenters. The highest BCUT2D eigenvalue weighted by Crippen LogP contribution is 2.39. The van der Waals surface area contributed by atoms with E-state index in [0.717, 1.165) is 0 Å². The molecule has 0 aliphatic carbocycles. The van der Waals surface area contributed by atoms with Gasteiger partial charge in [-0.25, -0.2) is 0 Å². The van der Waals surface area contributed by atoms with Gasteiger partial charge in [0.15, 0.2) is 0 Å². The van der Waals surface area contributed by atoms with Crippen molar-refractivity contribution in [2.24, 2.45) is 0 Å². The second-order valence-electron chi connectivity index (χ2n) is 6.59. The lowest BCUT2D eigenvalue weighted by molar-refractivity contribution is -0.140. The third-order valence-electron chi connectivity index (χ3n) is 4.71. The first-order valence-corrected chi connectivity index (χ1v) is 9.49. The molecule has 29 heavy (non-hydrogen) atoms. The van der Waals surface area contributed by atoms with Gasteiger partial charge in [0.2, 0.25) is 0 Å². The number of aromatic nitrogens is 1. The smallest absolute Gasteiger partial charge is 0.295 e. The molecule has 2 heterocycles. The Kier molecular flexibility index (Phi) is 6.61. The Morgan fingerprint density at radius 3 is 2.76 bits per heavy atom. The molecule has 2 aromatic rings. The molecule has 1 fully saturated rings. The Morgan fingerprint density at radius 1 is 1.24 bits per heavy atom. The fourth-order valence-corrected chi connectivity index (χ4v) is 3.43. The van der Waals surface area contributed by atoms with Crippen LogP contribution in [-0.2, 0) is 14.3 Å². The number of likely N-dealkylation sites (tertiary alicyclic amines) is 1. The monoisotopic (exact) mass is 396 g/mol. The van der Waals surface area contributed by atoms with Gasteiger partial charge in [-0.1, -0.05) is 18.2 Å². The van der Waals surface area contributed by atoms with Crippen LogP contribution in [-0.4, -0.2) is 53.5 Å². The van der Waals surface area contributed by atoms with E-state index < -0.39 is 17.7 Å². The van der Waals surface area contributed by atoms with E-state index in [2.05, 4.69) is 4.98 Å². The summed E-state index contributed by atoms with van der Waals surface area (Å²) in [5.41, 5.74) is 1.13. The molecule has 0 spiro atoms. The second-order valence-corrected chi connectivity index (χ2v) is 6.59. The summed E-state index contributed by atoms with van der Waals surface area (Å²) in [5, 5.41) is 11.0. The maximum Gasteiger partial charge on any atom is 0.295 e. The van der Waals surface area contributed by atoms with Crippen molar-refractivity contribution in [3.63, 3.8) is 0 Å². The largest absolute Gasteiger partial charge is 0.507 e. The highest BCUT2D eigenvalue weighted by Gasteiger charge is 2.45. The highest BCUT2D eigenvalue weighted by atomic mass is 16.5. The number of amides is 1. The van der Waals surface area contributed by atoms with Crippen molar-refractivity contribution in [3.8, 4) is 5.75 Å².